The summed E-state index contributed by atoms with van der Waals surface area (Å²) < 4.78 is 0. The first-order valence-corrected chi connectivity index (χ1v) is 9.65. The van der Waals surface area contributed by atoms with Gasteiger partial charge in [0.1, 0.15) is 0 Å². The molecule has 0 aromatic rings. The molecule has 0 radical (unpaired) electrons. The average Bonchev–Trinajstić information content (AvgIpc) is 2.61. The fourth-order valence-corrected chi connectivity index (χ4v) is 2.56. The molecule has 0 aliphatic heterocycles. The fraction of sp³-hybridized carbons (Fsp3) is 1.00. The number of nitrogens with one attached hydrogen (secondary N) is 3. The molecule has 0 heterocycles. The van der Waals surface area contributed by atoms with E-state index in [1.54, 1.807) is 0 Å². The molecule has 152 valence electrons. The zero-order valence-corrected chi connectivity index (χ0v) is 16.0. The van der Waals surface area contributed by atoms with Gasteiger partial charge in [-0.25, -0.2) is 0 Å². The maximum atomic E-state index is 5.70. The Labute approximate surface area is 154 Å². The van der Waals surface area contributed by atoms with Crippen molar-refractivity contribution in [3.05, 3.63) is 0 Å². The SMILES string of the molecule is NCCNCCN(CCN)CCNCCN(CCN)CCNCCN. The molecule has 11 N–H and O–H groups in total. The Hall–Kier alpha value is -0.360. The minimum Gasteiger partial charge on any atom is -0.329 e. The van der Waals surface area contributed by atoms with Crippen molar-refractivity contribution in [2.24, 2.45) is 22.9 Å². The lowest BCUT2D eigenvalue weighted by Gasteiger charge is -2.24. The van der Waals surface area contributed by atoms with Gasteiger partial charge < -0.3 is 38.9 Å². The van der Waals surface area contributed by atoms with Crippen LogP contribution in [0.4, 0.5) is 0 Å². The fourth-order valence-electron chi connectivity index (χ4n) is 2.56. The largest absolute Gasteiger partial charge is 0.329 e. The molecule has 0 atom stereocenters. The maximum absolute atomic E-state index is 5.70. The number of nitrogens with zero attached hydrogens (tertiary/aromatic N) is 2. The first-order valence-electron chi connectivity index (χ1n) is 9.65. The van der Waals surface area contributed by atoms with Crippen molar-refractivity contribution in [2.75, 3.05) is 105 Å². The highest BCUT2D eigenvalue weighted by atomic mass is 15.2. The van der Waals surface area contributed by atoms with Crippen LogP contribution in [0.2, 0.25) is 0 Å². The van der Waals surface area contributed by atoms with Crippen molar-refractivity contribution in [3.8, 4) is 0 Å². The Morgan fingerprint density at radius 1 is 0.400 bits per heavy atom. The normalized spacial score (nSPS) is 11.8. The summed E-state index contributed by atoms with van der Waals surface area (Å²) in [4.78, 5) is 4.76. The van der Waals surface area contributed by atoms with Crippen LogP contribution in [-0.4, -0.2) is 115 Å². The lowest BCUT2D eigenvalue weighted by atomic mass is 10.4. The van der Waals surface area contributed by atoms with Gasteiger partial charge in [-0.1, -0.05) is 0 Å². The first kappa shape index (κ1) is 24.6. The van der Waals surface area contributed by atoms with Gasteiger partial charge in [0.15, 0.2) is 0 Å². The molecule has 0 rings (SSSR count). The molecule has 25 heavy (non-hydrogen) atoms. The molecule has 0 saturated carbocycles. The van der Waals surface area contributed by atoms with E-state index in [1.165, 1.54) is 0 Å². The van der Waals surface area contributed by atoms with E-state index in [0.29, 0.717) is 26.2 Å². The molecule has 0 aromatic heterocycles. The van der Waals surface area contributed by atoms with Gasteiger partial charge in [0.05, 0.1) is 0 Å². The van der Waals surface area contributed by atoms with Crippen LogP contribution < -0.4 is 38.9 Å². The Bertz CT molecular complexity index is 232. The van der Waals surface area contributed by atoms with Gasteiger partial charge in [-0.15, -0.1) is 0 Å². The van der Waals surface area contributed by atoms with Gasteiger partial charge in [-0.3, -0.25) is 9.80 Å². The van der Waals surface area contributed by atoms with Crippen LogP contribution in [0.3, 0.4) is 0 Å². The molecular weight excluding hydrogens is 318 g/mol. The van der Waals surface area contributed by atoms with Crippen LogP contribution in [0, 0.1) is 0 Å². The predicted molar refractivity (Wildman–Crippen MR) is 108 cm³/mol. The Balaban J connectivity index is 3.76. The van der Waals surface area contributed by atoms with Gasteiger partial charge in [0, 0.05) is 105 Å². The second-order valence-corrected chi connectivity index (χ2v) is 6.09. The summed E-state index contributed by atoms with van der Waals surface area (Å²) in [5, 5.41) is 10.2. The number of hydrogen-bond acceptors (Lipinski definition) is 9. The van der Waals surface area contributed by atoms with Crippen molar-refractivity contribution in [1.82, 2.24) is 25.8 Å². The Morgan fingerprint density at radius 2 is 0.720 bits per heavy atom. The van der Waals surface area contributed by atoms with Crippen LogP contribution in [0.15, 0.2) is 0 Å². The molecule has 0 aliphatic rings. The molecule has 0 fully saturated rings. The van der Waals surface area contributed by atoms with Crippen LogP contribution in [0.5, 0.6) is 0 Å². The predicted octanol–water partition coefficient (Wildman–Crippen LogP) is -3.81. The highest BCUT2D eigenvalue weighted by Gasteiger charge is 2.05. The van der Waals surface area contributed by atoms with Crippen LogP contribution in [-0.2, 0) is 0 Å². The third-order valence-corrected chi connectivity index (χ3v) is 3.95. The minimum absolute atomic E-state index is 0.680. The molecule has 0 aromatic carbocycles. The molecule has 0 bridgehead atoms. The quantitative estimate of drug-likeness (QED) is 0.108. The van der Waals surface area contributed by atoms with E-state index in [9.17, 15) is 0 Å². The summed E-state index contributed by atoms with van der Waals surface area (Å²) in [5.41, 5.74) is 22.4. The summed E-state index contributed by atoms with van der Waals surface area (Å²) in [6, 6.07) is 0. The van der Waals surface area contributed by atoms with Crippen molar-refractivity contribution in [1.29, 1.82) is 0 Å². The summed E-state index contributed by atoms with van der Waals surface area (Å²) in [5.74, 6) is 0. The van der Waals surface area contributed by atoms with Crippen LogP contribution in [0.25, 0.3) is 0 Å². The third kappa shape index (κ3) is 16.8. The van der Waals surface area contributed by atoms with Crippen LogP contribution >= 0.6 is 0 Å². The smallest absolute Gasteiger partial charge is 0.0108 e. The van der Waals surface area contributed by atoms with Crippen molar-refractivity contribution >= 4 is 0 Å². The zero-order chi connectivity index (χ0) is 18.6. The number of hydrogen-bond donors (Lipinski definition) is 7. The van der Waals surface area contributed by atoms with Gasteiger partial charge in [-0.05, 0) is 0 Å². The molecular formula is C16H43N9. The lowest BCUT2D eigenvalue weighted by molar-refractivity contribution is 0.263. The van der Waals surface area contributed by atoms with Crippen molar-refractivity contribution < 1.29 is 0 Å². The summed E-state index contributed by atoms with van der Waals surface area (Å²) in [7, 11) is 0. The molecule has 0 aliphatic carbocycles. The number of rotatable bonds is 20. The summed E-state index contributed by atoms with van der Waals surface area (Å²) in [6.07, 6.45) is 0. The Kier molecular flexibility index (Phi) is 19.7. The first-order chi connectivity index (χ1) is 12.3. The second-order valence-electron chi connectivity index (χ2n) is 6.09. The van der Waals surface area contributed by atoms with Gasteiger partial charge >= 0.3 is 0 Å². The Morgan fingerprint density at radius 3 is 1.00 bits per heavy atom. The van der Waals surface area contributed by atoms with E-state index in [0.717, 1.165) is 78.5 Å². The van der Waals surface area contributed by atoms with E-state index in [2.05, 4.69) is 25.8 Å². The van der Waals surface area contributed by atoms with E-state index >= 15 is 0 Å². The monoisotopic (exact) mass is 361 g/mol. The molecule has 0 saturated heterocycles. The van der Waals surface area contributed by atoms with Gasteiger partial charge in [-0.2, -0.15) is 0 Å². The standard InChI is InChI=1S/C16H43N9/c17-1-5-21-7-13-24(11-3-19)15-9-23-10-16-25(12-4-20)14-8-22-6-2-18/h21-23H,1-20H2. The summed E-state index contributed by atoms with van der Waals surface area (Å²) in [6.45, 7) is 14.2. The minimum atomic E-state index is 0.680. The highest BCUT2D eigenvalue weighted by molar-refractivity contribution is 4.65. The van der Waals surface area contributed by atoms with E-state index in [-0.39, 0.29) is 0 Å². The van der Waals surface area contributed by atoms with E-state index < -0.39 is 0 Å². The molecule has 0 unspecified atom stereocenters. The maximum Gasteiger partial charge on any atom is 0.0108 e. The lowest BCUT2D eigenvalue weighted by Crippen LogP contribution is -2.43. The van der Waals surface area contributed by atoms with E-state index in [1.807, 2.05) is 0 Å². The van der Waals surface area contributed by atoms with Crippen molar-refractivity contribution in [3.63, 3.8) is 0 Å². The second kappa shape index (κ2) is 20.0. The van der Waals surface area contributed by atoms with Gasteiger partial charge in [0.2, 0.25) is 0 Å². The molecule has 9 nitrogen and oxygen atoms in total. The highest BCUT2D eigenvalue weighted by Crippen LogP contribution is 1.87. The third-order valence-electron chi connectivity index (χ3n) is 3.95. The average molecular weight is 362 g/mol. The van der Waals surface area contributed by atoms with E-state index in [4.69, 9.17) is 22.9 Å². The molecule has 0 spiro atoms. The number of nitrogens with two attached hydrogens (primary N) is 4. The van der Waals surface area contributed by atoms with Crippen molar-refractivity contribution in [2.45, 2.75) is 0 Å². The molecule has 0 amide bonds. The molecule has 9 heteroatoms. The van der Waals surface area contributed by atoms with Gasteiger partial charge in [0.25, 0.3) is 0 Å². The zero-order valence-electron chi connectivity index (χ0n) is 16.0. The van der Waals surface area contributed by atoms with Crippen LogP contribution in [0.1, 0.15) is 0 Å². The topological polar surface area (TPSA) is 147 Å². The summed E-state index contributed by atoms with van der Waals surface area (Å²) >= 11 is 0.